The lowest BCUT2D eigenvalue weighted by Crippen LogP contribution is -2.54. The molecule has 2 aromatic rings. The van der Waals surface area contributed by atoms with E-state index in [1.807, 2.05) is 24.3 Å². The van der Waals surface area contributed by atoms with Crippen molar-refractivity contribution in [2.45, 2.75) is 62.3 Å². The van der Waals surface area contributed by atoms with Crippen LogP contribution in [0.15, 0.2) is 42.5 Å². The van der Waals surface area contributed by atoms with Crippen LogP contribution in [-0.4, -0.2) is 52.1 Å². The van der Waals surface area contributed by atoms with E-state index in [1.165, 1.54) is 19.3 Å². The number of halogens is 1. The van der Waals surface area contributed by atoms with E-state index >= 15 is 0 Å². The first-order valence-electron chi connectivity index (χ1n) is 11.1. The molecule has 0 aromatic heterocycles. The Morgan fingerprint density at radius 2 is 1.69 bits per heavy atom. The fourth-order valence-electron chi connectivity index (χ4n) is 5.05. The van der Waals surface area contributed by atoms with E-state index in [0.717, 1.165) is 28.7 Å². The number of benzene rings is 2. The monoisotopic (exact) mass is 458 g/mol. The number of fused-ring (bicyclic) bond motifs is 1. The molecule has 3 fully saturated rings. The number of aldehydes is 1. The van der Waals surface area contributed by atoms with Crippen molar-refractivity contribution in [1.82, 2.24) is 0 Å². The van der Waals surface area contributed by atoms with Gasteiger partial charge in [0.1, 0.15) is 36.3 Å². The molecule has 6 nitrogen and oxygen atoms in total. The third-order valence-corrected chi connectivity index (χ3v) is 7.37. The number of ether oxygens (including phenoxy) is 2. The van der Waals surface area contributed by atoms with Crippen molar-refractivity contribution in [3.63, 3.8) is 0 Å². The fraction of sp³-hybridized carbons (Fsp3) is 0.480. The smallest absolute Gasteiger partial charge is 0.151 e. The quantitative estimate of drug-likeness (QED) is 0.576. The molecule has 0 spiro atoms. The molecule has 1 unspecified atom stereocenters. The normalized spacial score (nSPS) is 35.9. The molecule has 1 heterocycles. The predicted octanol–water partition coefficient (Wildman–Crippen LogP) is 2.83. The summed E-state index contributed by atoms with van der Waals surface area (Å²) in [7, 11) is 0. The molecule has 170 valence electrons. The third-order valence-electron chi connectivity index (χ3n) is 7.00. The van der Waals surface area contributed by atoms with Crippen molar-refractivity contribution in [2.24, 2.45) is 11.8 Å². The molecule has 1 saturated heterocycles. The second-order valence-corrected chi connectivity index (χ2v) is 9.68. The maximum atomic E-state index is 11.2. The fourth-order valence-corrected chi connectivity index (χ4v) is 5.24. The molecule has 5 rings (SSSR count). The maximum Gasteiger partial charge on any atom is 0.151 e. The average molecular weight is 459 g/mol. The molecule has 2 saturated carbocycles. The van der Waals surface area contributed by atoms with Gasteiger partial charge in [0.15, 0.2) is 6.29 Å². The van der Waals surface area contributed by atoms with Gasteiger partial charge in [0.25, 0.3) is 0 Å². The number of rotatable bonds is 6. The molecule has 0 amide bonds. The first-order chi connectivity index (χ1) is 15.4. The van der Waals surface area contributed by atoms with E-state index in [1.54, 1.807) is 18.2 Å². The van der Waals surface area contributed by atoms with Crippen LogP contribution in [0.3, 0.4) is 0 Å². The molecule has 2 aliphatic carbocycles. The summed E-state index contributed by atoms with van der Waals surface area (Å²) in [5.41, 5.74) is 2.46. The zero-order valence-corrected chi connectivity index (χ0v) is 18.3. The second kappa shape index (κ2) is 8.76. The van der Waals surface area contributed by atoms with Crippen LogP contribution in [0, 0.1) is 11.8 Å². The summed E-state index contributed by atoms with van der Waals surface area (Å²) in [6.07, 6.45) is -1.45. The summed E-state index contributed by atoms with van der Waals surface area (Å²) in [4.78, 5) is 11.2. The summed E-state index contributed by atoms with van der Waals surface area (Å²) >= 11 is 6.42. The number of carbonyl (C=O) groups is 1. The molecule has 3 aliphatic rings. The SMILES string of the molecule is O=C[C@H]1O[C@@H](c2ccc(Cl)c(Cc3ccc(OC4C[C@@H]5C[C@@H]5C4)cc3)c2)[C@H](O)[C@@H](O)[C@@H]1O. The van der Waals surface area contributed by atoms with Crippen molar-refractivity contribution in [1.29, 1.82) is 0 Å². The van der Waals surface area contributed by atoms with Gasteiger partial charge in [0, 0.05) is 5.02 Å². The molecule has 7 heteroatoms. The lowest BCUT2D eigenvalue weighted by atomic mass is 9.90. The lowest BCUT2D eigenvalue weighted by molar-refractivity contribution is -0.217. The van der Waals surface area contributed by atoms with Gasteiger partial charge >= 0.3 is 0 Å². The Kier molecular flexibility index (Phi) is 5.99. The maximum absolute atomic E-state index is 11.2. The molecule has 0 bridgehead atoms. The van der Waals surface area contributed by atoms with E-state index in [4.69, 9.17) is 21.1 Å². The Labute approximate surface area is 191 Å². The summed E-state index contributed by atoms with van der Waals surface area (Å²) in [5, 5.41) is 31.0. The van der Waals surface area contributed by atoms with Crippen molar-refractivity contribution in [3.05, 3.63) is 64.2 Å². The van der Waals surface area contributed by atoms with E-state index in [-0.39, 0.29) is 0 Å². The number of aliphatic hydroxyl groups excluding tert-OH is 3. The van der Waals surface area contributed by atoms with Crippen LogP contribution in [0.5, 0.6) is 5.75 Å². The third kappa shape index (κ3) is 4.30. The largest absolute Gasteiger partial charge is 0.490 e. The van der Waals surface area contributed by atoms with Gasteiger partial charge in [-0.1, -0.05) is 35.9 Å². The highest BCUT2D eigenvalue weighted by atomic mass is 35.5. The first-order valence-corrected chi connectivity index (χ1v) is 11.5. The Morgan fingerprint density at radius 3 is 2.38 bits per heavy atom. The van der Waals surface area contributed by atoms with E-state index in [2.05, 4.69) is 0 Å². The van der Waals surface area contributed by atoms with Crippen LogP contribution in [0.1, 0.15) is 42.1 Å². The lowest BCUT2D eigenvalue weighted by Gasteiger charge is -2.39. The minimum absolute atomic E-state index is 0.335. The van der Waals surface area contributed by atoms with E-state index in [0.29, 0.717) is 29.4 Å². The zero-order valence-electron chi connectivity index (χ0n) is 17.5. The Morgan fingerprint density at radius 1 is 0.969 bits per heavy atom. The van der Waals surface area contributed by atoms with Crippen LogP contribution in [-0.2, 0) is 16.0 Å². The molecule has 8 atom stereocenters. The number of carbonyl (C=O) groups excluding carboxylic acids is 1. The number of hydrogen-bond donors (Lipinski definition) is 3. The van der Waals surface area contributed by atoms with Crippen molar-refractivity contribution < 1.29 is 29.6 Å². The molecule has 1 aliphatic heterocycles. The molecule has 32 heavy (non-hydrogen) atoms. The van der Waals surface area contributed by atoms with Gasteiger partial charge in [-0.15, -0.1) is 0 Å². The van der Waals surface area contributed by atoms with Crippen LogP contribution < -0.4 is 4.74 Å². The Balaban J connectivity index is 1.29. The molecular formula is C25H27ClO6. The van der Waals surface area contributed by atoms with Crippen molar-refractivity contribution >= 4 is 17.9 Å². The van der Waals surface area contributed by atoms with E-state index < -0.39 is 30.5 Å². The molecular weight excluding hydrogens is 432 g/mol. The highest BCUT2D eigenvalue weighted by Crippen LogP contribution is 2.52. The topological polar surface area (TPSA) is 96.2 Å². The highest BCUT2D eigenvalue weighted by molar-refractivity contribution is 6.31. The summed E-state index contributed by atoms with van der Waals surface area (Å²) in [5.74, 6) is 2.64. The molecule has 3 N–H and O–H groups in total. The van der Waals surface area contributed by atoms with Crippen molar-refractivity contribution in [3.8, 4) is 5.75 Å². The van der Waals surface area contributed by atoms with Crippen LogP contribution in [0.25, 0.3) is 0 Å². The summed E-state index contributed by atoms with van der Waals surface area (Å²) < 4.78 is 11.7. The second-order valence-electron chi connectivity index (χ2n) is 9.27. The standard InChI is InChI=1S/C25H27ClO6/c26-20-6-3-14(25-24(30)23(29)22(28)21(12-27)32-25)8-17(20)7-13-1-4-18(5-2-13)31-19-10-15-9-16(15)11-19/h1-6,8,12,15-16,19,21-25,28-30H,7,9-11H2/t15-,16+,19?,21-,22-,23+,24-,25+/m1/s1. The average Bonchev–Trinajstić information content (AvgIpc) is 3.41. The van der Waals surface area contributed by atoms with E-state index in [9.17, 15) is 20.1 Å². The van der Waals surface area contributed by atoms with Crippen LogP contribution >= 0.6 is 11.6 Å². The Bertz CT molecular complexity index is 969. The van der Waals surface area contributed by atoms with Crippen LogP contribution in [0.4, 0.5) is 0 Å². The van der Waals surface area contributed by atoms with Gasteiger partial charge in [-0.3, -0.25) is 0 Å². The van der Waals surface area contributed by atoms with Crippen molar-refractivity contribution in [2.75, 3.05) is 0 Å². The van der Waals surface area contributed by atoms with Gasteiger partial charge in [-0.05, 0) is 72.4 Å². The van der Waals surface area contributed by atoms with Gasteiger partial charge in [0.2, 0.25) is 0 Å². The molecule has 2 aromatic carbocycles. The van der Waals surface area contributed by atoms with Gasteiger partial charge in [-0.2, -0.15) is 0 Å². The minimum atomic E-state index is -1.48. The number of hydrogen-bond acceptors (Lipinski definition) is 6. The Hall–Kier alpha value is -1.96. The predicted molar refractivity (Wildman–Crippen MR) is 118 cm³/mol. The zero-order chi connectivity index (χ0) is 22.4. The van der Waals surface area contributed by atoms with Gasteiger partial charge in [0.05, 0.1) is 6.10 Å². The number of aliphatic hydroxyl groups is 3. The first kappa shape index (κ1) is 21.9. The summed E-state index contributed by atoms with van der Waals surface area (Å²) in [6.45, 7) is 0. The van der Waals surface area contributed by atoms with Gasteiger partial charge in [-0.25, -0.2) is 0 Å². The molecule has 0 radical (unpaired) electrons. The summed E-state index contributed by atoms with van der Waals surface area (Å²) in [6, 6.07) is 13.2. The minimum Gasteiger partial charge on any atom is -0.490 e. The van der Waals surface area contributed by atoms with Gasteiger partial charge < -0.3 is 29.6 Å². The highest BCUT2D eigenvalue weighted by Gasteiger charge is 2.47. The van der Waals surface area contributed by atoms with Crippen LogP contribution in [0.2, 0.25) is 5.02 Å².